The molecule has 2 saturated heterocycles. The van der Waals surface area contributed by atoms with Crippen molar-refractivity contribution in [3.8, 4) is 0 Å². The maximum atomic E-state index is 12.7. The fourth-order valence-electron chi connectivity index (χ4n) is 4.96. The number of aromatic nitrogens is 1. The number of likely N-dealkylation sites (tertiary alicyclic amines) is 1. The lowest BCUT2D eigenvalue weighted by molar-refractivity contribution is -0.0226. The molecule has 2 aliphatic rings. The van der Waals surface area contributed by atoms with Gasteiger partial charge in [-0.1, -0.05) is 12.1 Å². The third kappa shape index (κ3) is 4.10. The average molecular weight is 428 g/mol. The van der Waals surface area contributed by atoms with E-state index in [2.05, 4.69) is 21.3 Å². The molecule has 156 valence electrons. The minimum atomic E-state index is -0.0415. The topological polar surface area (TPSA) is 68.4 Å². The summed E-state index contributed by atoms with van der Waals surface area (Å²) in [6, 6.07) is 6.25. The van der Waals surface area contributed by atoms with E-state index >= 15 is 0 Å². The number of benzene rings is 1. The standard InChI is InChI=1S/C21H29N3O2.2ClH/c1-14-4-5-15(2)20-19(14)17(26)10-16(23-20)11-24-9-6-18-21(12-24,13-25)7-3-8-22-18;;/h4-5,10,18,22,25H,3,6-9,11-13H2,1-2H3,(H,23,26);2*1H/t18-,21-;;/m1../s1. The summed E-state index contributed by atoms with van der Waals surface area (Å²) >= 11 is 0. The van der Waals surface area contributed by atoms with Crippen molar-refractivity contribution in [3.63, 3.8) is 0 Å². The molecule has 0 aliphatic carbocycles. The fraction of sp³-hybridized carbons (Fsp3) is 0.571. The van der Waals surface area contributed by atoms with E-state index in [1.807, 2.05) is 19.9 Å². The van der Waals surface area contributed by atoms with Crippen LogP contribution in [0.4, 0.5) is 0 Å². The van der Waals surface area contributed by atoms with Crippen LogP contribution < -0.4 is 10.7 Å². The Morgan fingerprint density at radius 2 is 2.00 bits per heavy atom. The molecule has 0 amide bonds. The summed E-state index contributed by atoms with van der Waals surface area (Å²) < 4.78 is 0. The van der Waals surface area contributed by atoms with Crippen molar-refractivity contribution in [1.82, 2.24) is 15.2 Å². The number of aliphatic hydroxyl groups excluding tert-OH is 1. The molecule has 1 aromatic carbocycles. The highest BCUT2D eigenvalue weighted by molar-refractivity contribution is 5.86. The number of pyridine rings is 1. The van der Waals surface area contributed by atoms with Crippen LogP contribution in [0.1, 0.15) is 36.1 Å². The third-order valence-corrected chi connectivity index (χ3v) is 6.42. The second-order valence-corrected chi connectivity index (χ2v) is 8.24. The van der Waals surface area contributed by atoms with Crippen molar-refractivity contribution in [2.45, 2.75) is 45.7 Å². The molecule has 2 fully saturated rings. The molecule has 0 radical (unpaired) electrons. The lowest BCUT2D eigenvalue weighted by atomic mass is 9.71. The highest BCUT2D eigenvalue weighted by Gasteiger charge is 2.44. The van der Waals surface area contributed by atoms with Crippen LogP contribution in [-0.4, -0.2) is 47.3 Å². The van der Waals surface area contributed by atoms with Gasteiger partial charge in [-0.3, -0.25) is 9.69 Å². The van der Waals surface area contributed by atoms with E-state index in [1.165, 1.54) is 0 Å². The van der Waals surface area contributed by atoms with Gasteiger partial charge in [-0.25, -0.2) is 0 Å². The van der Waals surface area contributed by atoms with Crippen LogP contribution in [0.2, 0.25) is 0 Å². The molecule has 2 aromatic rings. The van der Waals surface area contributed by atoms with Crippen LogP contribution in [0.15, 0.2) is 23.0 Å². The largest absolute Gasteiger partial charge is 0.396 e. The molecule has 4 rings (SSSR count). The van der Waals surface area contributed by atoms with Gasteiger partial charge in [0.2, 0.25) is 0 Å². The Morgan fingerprint density at radius 1 is 1.25 bits per heavy atom. The normalized spacial score (nSPS) is 24.9. The molecule has 28 heavy (non-hydrogen) atoms. The molecule has 2 atom stereocenters. The van der Waals surface area contributed by atoms with Crippen molar-refractivity contribution >= 4 is 35.7 Å². The number of halogens is 2. The summed E-state index contributed by atoms with van der Waals surface area (Å²) in [4.78, 5) is 18.6. The highest BCUT2D eigenvalue weighted by atomic mass is 35.5. The van der Waals surface area contributed by atoms with Crippen molar-refractivity contribution in [3.05, 3.63) is 45.2 Å². The fourth-order valence-corrected chi connectivity index (χ4v) is 4.96. The van der Waals surface area contributed by atoms with Crippen molar-refractivity contribution < 1.29 is 5.11 Å². The first kappa shape index (κ1) is 23.2. The number of aryl methyl sites for hydroxylation is 2. The number of hydrogen-bond acceptors (Lipinski definition) is 4. The first-order valence-corrected chi connectivity index (χ1v) is 9.71. The molecular weight excluding hydrogens is 397 g/mol. The second-order valence-electron chi connectivity index (χ2n) is 8.24. The van der Waals surface area contributed by atoms with Gasteiger partial charge in [0.25, 0.3) is 0 Å². The van der Waals surface area contributed by atoms with Gasteiger partial charge < -0.3 is 15.4 Å². The lowest BCUT2D eigenvalue weighted by Crippen LogP contribution is -2.61. The molecule has 3 N–H and O–H groups in total. The van der Waals surface area contributed by atoms with Gasteiger partial charge in [0.05, 0.1) is 12.1 Å². The third-order valence-electron chi connectivity index (χ3n) is 6.42. The van der Waals surface area contributed by atoms with E-state index in [9.17, 15) is 9.90 Å². The van der Waals surface area contributed by atoms with Gasteiger partial charge in [-0.2, -0.15) is 0 Å². The molecule has 0 spiro atoms. The smallest absolute Gasteiger partial charge is 0.189 e. The molecular formula is C21H31Cl2N3O2. The first-order valence-electron chi connectivity index (χ1n) is 9.71. The summed E-state index contributed by atoms with van der Waals surface area (Å²) in [6.45, 7) is 7.92. The second kappa shape index (κ2) is 9.14. The number of aromatic amines is 1. The summed E-state index contributed by atoms with van der Waals surface area (Å²) in [5.74, 6) is 0. The number of nitrogens with zero attached hydrogens (tertiary/aromatic N) is 1. The van der Waals surface area contributed by atoms with Crippen molar-refractivity contribution in [2.75, 3.05) is 26.2 Å². The quantitative estimate of drug-likeness (QED) is 0.704. The Balaban J connectivity index is 0.00000140. The highest BCUT2D eigenvalue weighted by Crippen LogP contribution is 2.37. The van der Waals surface area contributed by atoms with Crippen LogP contribution in [0, 0.1) is 19.3 Å². The monoisotopic (exact) mass is 427 g/mol. The molecule has 7 heteroatoms. The molecule has 0 bridgehead atoms. The summed E-state index contributed by atoms with van der Waals surface area (Å²) in [7, 11) is 0. The molecule has 0 unspecified atom stereocenters. The number of H-pyrrole nitrogens is 1. The Hall–Kier alpha value is -1.11. The van der Waals surface area contributed by atoms with E-state index in [0.717, 1.165) is 73.2 Å². The van der Waals surface area contributed by atoms with Crippen LogP contribution in [0.5, 0.6) is 0 Å². The molecule has 2 aliphatic heterocycles. The van der Waals surface area contributed by atoms with Crippen molar-refractivity contribution in [1.29, 1.82) is 0 Å². The number of piperidine rings is 2. The maximum Gasteiger partial charge on any atom is 0.189 e. The van der Waals surface area contributed by atoms with Gasteiger partial charge in [0.1, 0.15) is 0 Å². The Morgan fingerprint density at radius 3 is 2.75 bits per heavy atom. The number of fused-ring (bicyclic) bond motifs is 2. The predicted molar refractivity (Wildman–Crippen MR) is 119 cm³/mol. The first-order chi connectivity index (χ1) is 12.5. The summed E-state index contributed by atoms with van der Waals surface area (Å²) in [5, 5.41) is 14.5. The van der Waals surface area contributed by atoms with Gasteiger partial charge in [-0.05, 0) is 50.8 Å². The lowest BCUT2D eigenvalue weighted by Gasteiger charge is -2.50. The van der Waals surface area contributed by atoms with E-state index < -0.39 is 0 Å². The van der Waals surface area contributed by atoms with E-state index in [1.54, 1.807) is 6.07 Å². The predicted octanol–water partition coefficient (Wildman–Crippen LogP) is 2.92. The van der Waals surface area contributed by atoms with Crippen molar-refractivity contribution in [2.24, 2.45) is 5.41 Å². The zero-order valence-electron chi connectivity index (χ0n) is 16.6. The zero-order chi connectivity index (χ0) is 18.3. The number of aliphatic hydroxyl groups is 1. The minimum Gasteiger partial charge on any atom is -0.396 e. The van der Waals surface area contributed by atoms with Gasteiger partial charge >= 0.3 is 0 Å². The number of hydrogen-bond donors (Lipinski definition) is 3. The van der Waals surface area contributed by atoms with Gasteiger partial charge in [-0.15, -0.1) is 24.8 Å². The summed E-state index contributed by atoms with van der Waals surface area (Å²) in [5.41, 5.74) is 4.10. The Labute approximate surface area is 178 Å². The molecule has 5 nitrogen and oxygen atoms in total. The Bertz CT molecular complexity index is 886. The zero-order valence-corrected chi connectivity index (χ0v) is 18.2. The van der Waals surface area contributed by atoms with E-state index in [-0.39, 0.29) is 42.3 Å². The SMILES string of the molecule is Cc1ccc(C)c2c(=O)cc(CN3CC[C@H]4NCCC[C@]4(CO)C3)[nH]c12.Cl.Cl. The van der Waals surface area contributed by atoms with Crippen LogP contribution in [0.25, 0.3) is 10.9 Å². The van der Waals surface area contributed by atoms with E-state index in [0.29, 0.717) is 6.04 Å². The minimum absolute atomic E-state index is 0. The van der Waals surface area contributed by atoms with Crippen LogP contribution in [0.3, 0.4) is 0 Å². The molecule has 3 heterocycles. The number of nitrogens with one attached hydrogen (secondary N) is 2. The Kier molecular flexibility index (Phi) is 7.56. The number of rotatable bonds is 3. The molecule has 0 saturated carbocycles. The van der Waals surface area contributed by atoms with Crippen LogP contribution in [-0.2, 0) is 6.54 Å². The summed E-state index contributed by atoms with van der Waals surface area (Å²) in [6.07, 6.45) is 3.25. The van der Waals surface area contributed by atoms with E-state index in [4.69, 9.17) is 0 Å². The molecule has 1 aromatic heterocycles. The van der Waals surface area contributed by atoms with Crippen LogP contribution >= 0.6 is 24.8 Å². The average Bonchev–Trinajstić information content (AvgIpc) is 2.64. The maximum absolute atomic E-state index is 12.7. The van der Waals surface area contributed by atoms with Gasteiger partial charge in [0.15, 0.2) is 5.43 Å². The van der Waals surface area contributed by atoms with Gasteiger partial charge in [0, 0.05) is 48.2 Å².